The molecule has 1 saturated heterocycles. The van der Waals surface area contributed by atoms with E-state index in [4.69, 9.17) is 4.74 Å². The Balaban J connectivity index is 1.57. The Kier molecular flexibility index (Phi) is 4.58. The highest BCUT2D eigenvalue weighted by atomic mass is 16.5. The van der Waals surface area contributed by atoms with Gasteiger partial charge in [0, 0.05) is 32.9 Å². The van der Waals surface area contributed by atoms with Crippen molar-refractivity contribution in [2.45, 2.75) is 25.4 Å². The second-order valence-corrected chi connectivity index (χ2v) is 4.54. The van der Waals surface area contributed by atoms with Crippen LogP contribution in [0.3, 0.4) is 0 Å². The molecule has 0 bridgehead atoms. The number of hydrogen-bond acceptors (Lipinski definition) is 3. The molecule has 1 aromatic rings. The minimum absolute atomic E-state index is 0.130. The molecule has 0 saturated carbocycles. The summed E-state index contributed by atoms with van der Waals surface area (Å²) >= 11 is 0. The van der Waals surface area contributed by atoms with Crippen molar-refractivity contribution in [3.63, 3.8) is 0 Å². The lowest BCUT2D eigenvalue weighted by molar-refractivity contribution is 0.111. The highest BCUT2D eigenvalue weighted by Crippen LogP contribution is 2.10. The van der Waals surface area contributed by atoms with Crippen LogP contribution in [0.5, 0.6) is 0 Å². The molecule has 1 aromatic heterocycles. The molecular weight excluding hydrogens is 232 g/mol. The van der Waals surface area contributed by atoms with Gasteiger partial charge in [-0.15, -0.1) is 0 Å². The maximum atomic E-state index is 11.5. The van der Waals surface area contributed by atoms with E-state index in [1.807, 2.05) is 19.4 Å². The molecule has 1 fully saturated rings. The summed E-state index contributed by atoms with van der Waals surface area (Å²) in [5.41, 5.74) is 1.12. The summed E-state index contributed by atoms with van der Waals surface area (Å²) in [6.45, 7) is 2.02. The van der Waals surface area contributed by atoms with E-state index in [0.717, 1.165) is 31.4 Å². The maximum absolute atomic E-state index is 11.5. The third kappa shape index (κ3) is 4.03. The first-order valence-electron chi connectivity index (χ1n) is 6.35. The van der Waals surface area contributed by atoms with Gasteiger partial charge in [0.05, 0.1) is 12.3 Å². The van der Waals surface area contributed by atoms with Crippen LogP contribution in [0.1, 0.15) is 18.4 Å². The third-order valence-corrected chi connectivity index (χ3v) is 2.97. The number of urea groups is 1. The number of nitrogens with zero attached hydrogens (tertiary/aromatic N) is 2. The predicted octanol–water partition coefficient (Wildman–Crippen LogP) is 0.441. The molecule has 0 spiro atoms. The minimum atomic E-state index is -0.130. The number of amides is 2. The van der Waals surface area contributed by atoms with E-state index < -0.39 is 0 Å². The van der Waals surface area contributed by atoms with Crippen LogP contribution < -0.4 is 10.6 Å². The number of rotatable bonds is 5. The monoisotopic (exact) mass is 252 g/mol. The standard InChI is InChI=1S/C12H20N4O2/c1-16-9-10(7-15-16)4-5-13-12(17)14-8-11-3-2-6-18-11/h7,9,11H,2-6,8H2,1H3,(H2,13,14,17)/t11-/m0/s1. The van der Waals surface area contributed by atoms with Crippen molar-refractivity contribution >= 4 is 6.03 Å². The second-order valence-electron chi connectivity index (χ2n) is 4.54. The van der Waals surface area contributed by atoms with Crippen molar-refractivity contribution in [1.82, 2.24) is 20.4 Å². The highest BCUT2D eigenvalue weighted by molar-refractivity contribution is 5.73. The Morgan fingerprint density at radius 2 is 2.50 bits per heavy atom. The van der Waals surface area contributed by atoms with Gasteiger partial charge in [0.2, 0.25) is 0 Å². The Morgan fingerprint density at radius 3 is 3.17 bits per heavy atom. The van der Waals surface area contributed by atoms with Gasteiger partial charge < -0.3 is 15.4 Å². The van der Waals surface area contributed by atoms with E-state index >= 15 is 0 Å². The molecule has 2 amide bonds. The SMILES string of the molecule is Cn1cc(CCNC(=O)NC[C@@H]2CCCO2)cn1. The average molecular weight is 252 g/mol. The van der Waals surface area contributed by atoms with Gasteiger partial charge in [-0.3, -0.25) is 4.68 Å². The molecule has 2 N–H and O–H groups in total. The highest BCUT2D eigenvalue weighted by Gasteiger charge is 2.15. The summed E-state index contributed by atoms with van der Waals surface area (Å²) in [5, 5.41) is 9.72. The van der Waals surface area contributed by atoms with Crippen LogP contribution >= 0.6 is 0 Å². The molecule has 1 aliphatic rings. The van der Waals surface area contributed by atoms with Crippen molar-refractivity contribution in [3.8, 4) is 0 Å². The van der Waals surface area contributed by atoms with E-state index in [1.165, 1.54) is 0 Å². The van der Waals surface area contributed by atoms with Crippen molar-refractivity contribution in [2.24, 2.45) is 7.05 Å². The fraction of sp³-hybridized carbons (Fsp3) is 0.667. The van der Waals surface area contributed by atoms with Crippen LogP contribution in [0, 0.1) is 0 Å². The van der Waals surface area contributed by atoms with Crippen molar-refractivity contribution in [3.05, 3.63) is 18.0 Å². The fourth-order valence-electron chi connectivity index (χ4n) is 2.00. The lowest BCUT2D eigenvalue weighted by Crippen LogP contribution is -2.40. The molecule has 100 valence electrons. The number of carbonyl (C=O) groups is 1. The lowest BCUT2D eigenvalue weighted by Gasteiger charge is -2.11. The molecule has 0 aliphatic carbocycles. The molecule has 6 nitrogen and oxygen atoms in total. The first kappa shape index (κ1) is 12.9. The number of carbonyl (C=O) groups excluding carboxylic acids is 1. The average Bonchev–Trinajstić information content (AvgIpc) is 2.98. The molecule has 0 aromatic carbocycles. The fourth-order valence-corrected chi connectivity index (χ4v) is 2.00. The van der Waals surface area contributed by atoms with Crippen molar-refractivity contribution < 1.29 is 9.53 Å². The van der Waals surface area contributed by atoms with Crippen LogP contribution in [-0.2, 0) is 18.2 Å². The number of hydrogen-bond donors (Lipinski definition) is 2. The van der Waals surface area contributed by atoms with E-state index in [0.29, 0.717) is 13.1 Å². The molecule has 1 atom stereocenters. The summed E-state index contributed by atoms with van der Waals surface area (Å²) in [7, 11) is 1.88. The van der Waals surface area contributed by atoms with E-state index in [-0.39, 0.29) is 12.1 Å². The second kappa shape index (κ2) is 6.39. The van der Waals surface area contributed by atoms with Crippen molar-refractivity contribution in [2.75, 3.05) is 19.7 Å². The van der Waals surface area contributed by atoms with Crippen LogP contribution in [0.15, 0.2) is 12.4 Å². The topological polar surface area (TPSA) is 68.2 Å². The summed E-state index contributed by atoms with van der Waals surface area (Å²) in [4.78, 5) is 11.5. The zero-order valence-corrected chi connectivity index (χ0v) is 10.7. The Bertz CT molecular complexity index is 385. The van der Waals surface area contributed by atoms with E-state index in [9.17, 15) is 4.79 Å². The van der Waals surface area contributed by atoms with Crippen LogP contribution in [0.25, 0.3) is 0 Å². The molecular formula is C12H20N4O2. The number of aromatic nitrogens is 2. The normalized spacial score (nSPS) is 18.8. The molecule has 18 heavy (non-hydrogen) atoms. The van der Waals surface area contributed by atoms with Gasteiger partial charge in [-0.1, -0.05) is 0 Å². The van der Waals surface area contributed by atoms with Crippen molar-refractivity contribution in [1.29, 1.82) is 0 Å². The zero-order valence-electron chi connectivity index (χ0n) is 10.7. The molecule has 2 rings (SSSR count). The summed E-state index contributed by atoms with van der Waals surface area (Å²) < 4.78 is 7.18. The Labute approximate surface area is 107 Å². The van der Waals surface area contributed by atoms with Gasteiger partial charge in [-0.05, 0) is 24.8 Å². The Morgan fingerprint density at radius 1 is 1.61 bits per heavy atom. The first-order chi connectivity index (χ1) is 8.74. The minimum Gasteiger partial charge on any atom is -0.376 e. The Hall–Kier alpha value is -1.56. The summed E-state index contributed by atoms with van der Waals surface area (Å²) in [6.07, 6.45) is 6.87. The molecule has 1 aliphatic heterocycles. The number of nitrogens with one attached hydrogen (secondary N) is 2. The van der Waals surface area contributed by atoms with Gasteiger partial charge in [0.1, 0.15) is 0 Å². The first-order valence-corrected chi connectivity index (χ1v) is 6.35. The number of aryl methyl sites for hydroxylation is 1. The third-order valence-electron chi connectivity index (χ3n) is 2.97. The zero-order chi connectivity index (χ0) is 12.8. The largest absolute Gasteiger partial charge is 0.376 e. The van der Waals surface area contributed by atoms with Crippen LogP contribution in [-0.4, -0.2) is 41.6 Å². The van der Waals surface area contributed by atoms with Gasteiger partial charge in [-0.25, -0.2) is 4.79 Å². The molecule has 6 heteroatoms. The van der Waals surface area contributed by atoms with Crippen LogP contribution in [0.4, 0.5) is 4.79 Å². The van der Waals surface area contributed by atoms with Gasteiger partial charge in [-0.2, -0.15) is 5.10 Å². The molecule has 2 heterocycles. The van der Waals surface area contributed by atoms with Gasteiger partial charge in [0.25, 0.3) is 0 Å². The summed E-state index contributed by atoms with van der Waals surface area (Å²) in [5.74, 6) is 0. The molecule has 0 radical (unpaired) electrons. The maximum Gasteiger partial charge on any atom is 0.314 e. The lowest BCUT2D eigenvalue weighted by atomic mass is 10.2. The van der Waals surface area contributed by atoms with Crippen LogP contribution in [0.2, 0.25) is 0 Å². The quantitative estimate of drug-likeness (QED) is 0.799. The number of ether oxygens (including phenoxy) is 1. The van der Waals surface area contributed by atoms with E-state index in [1.54, 1.807) is 4.68 Å². The van der Waals surface area contributed by atoms with E-state index in [2.05, 4.69) is 15.7 Å². The predicted molar refractivity (Wildman–Crippen MR) is 67.3 cm³/mol. The van der Waals surface area contributed by atoms with Gasteiger partial charge in [0.15, 0.2) is 0 Å². The smallest absolute Gasteiger partial charge is 0.314 e. The summed E-state index contributed by atoms with van der Waals surface area (Å²) in [6, 6.07) is -0.130. The van der Waals surface area contributed by atoms with Gasteiger partial charge >= 0.3 is 6.03 Å². The molecule has 0 unspecified atom stereocenters.